The van der Waals surface area contributed by atoms with E-state index in [4.69, 9.17) is 28.4 Å². The number of hydrogen-bond acceptors (Lipinski definition) is 6. The molecule has 0 amide bonds. The highest BCUT2D eigenvalue weighted by molar-refractivity contribution is 4.99. The third kappa shape index (κ3) is 3.11. The summed E-state index contributed by atoms with van der Waals surface area (Å²) in [4.78, 5) is 0. The van der Waals surface area contributed by atoms with Crippen molar-refractivity contribution in [1.29, 1.82) is 0 Å². The van der Waals surface area contributed by atoms with Crippen molar-refractivity contribution in [3.63, 3.8) is 0 Å². The first-order valence-corrected chi connectivity index (χ1v) is 7.76. The van der Waals surface area contributed by atoms with Gasteiger partial charge in [0, 0.05) is 6.61 Å². The fourth-order valence-corrected chi connectivity index (χ4v) is 3.17. The normalized spacial score (nSPS) is 43.6. The van der Waals surface area contributed by atoms with Crippen molar-refractivity contribution in [3.8, 4) is 0 Å². The van der Waals surface area contributed by atoms with Crippen molar-refractivity contribution in [2.75, 3.05) is 13.2 Å². The summed E-state index contributed by atoms with van der Waals surface area (Å²) in [5.74, 6) is -1.32. The molecule has 0 spiro atoms. The van der Waals surface area contributed by atoms with E-state index in [1.807, 2.05) is 27.7 Å². The highest BCUT2D eigenvalue weighted by Crippen LogP contribution is 2.44. The zero-order valence-corrected chi connectivity index (χ0v) is 13.5. The van der Waals surface area contributed by atoms with E-state index in [0.29, 0.717) is 13.2 Å². The Kier molecular flexibility index (Phi) is 4.05. The monoisotopic (exact) mass is 302 g/mol. The molecule has 0 aromatic heterocycles. The fourth-order valence-electron chi connectivity index (χ4n) is 3.17. The molecule has 6 heteroatoms. The van der Waals surface area contributed by atoms with Gasteiger partial charge in [-0.25, -0.2) is 0 Å². The van der Waals surface area contributed by atoms with Gasteiger partial charge in [-0.1, -0.05) is 6.92 Å². The third-order valence-corrected chi connectivity index (χ3v) is 3.88. The summed E-state index contributed by atoms with van der Waals surface area (Å²) in [5.41, 5.74) is 0. The van der Waals surface area contributed by atoms with Gasteiger partial charge in [-0.15, -0.1) is 0 Å². The second-order valence-electron chi connectivity index (χ2n) is 6.78. The SMILES string of the molecule is CCCOC[C@@H]1O[C@H]2OC(C)(C)O[C@@H]2[C@H]2OC(C)(C)O[C@H]21. The van der Waals surface area contributed by atoms with Crippen LogP contribution < -0.4 is 0 Å². The molecule has 0 aliphatic carbocycles. The standard InChI is InChI=1S/C15H26O6/c1-6-7-16-8-9-10-11(19-14(2,3)18-10)12-13(17-9)21-15(4,5)20-12/h9-13H,6-8H2,1-5H3/t9-,10-,11-,12+,13-/m0/s1. The van der Waals surface area contributed by atoms with Gasteiger partial charge < -0.3 is 28.4 Å². The van der Waals surface area contributed by atoms with Crippen LogP contribution in [0.4, 0.5) is 0 Å². The molecule has 0 saturated carbocycles. The van der Waals surface area contributed by atoms with Crippen molar-refractivity contribution < 1.29 is 28.4 Å². The molecule has 3 heterocycles. The smallest absolute Gasteiger partial charge is 0.190 e. The van der Waals surface area contributed by atoms with Gasteiger partial charge in [-0.2, -0.15) is 0 Å². The first-order chi connectivity index (χ1) is 9.81. The molecule has 0 aromatic carbocycles. The van der Waals surface area contributed by atoms with Gasteiger partial charge in [-0.05, 0) is 34.1 Å². The molecule has 3 rings (SSSR count). The van der Waals surface area contributed by atoms with Gasteiger partial charge in [0.25, 0.3) is 0 Å². The van der Waals surface area contributed by atoms with Crippen LogP contribution in [0.1, 0.15) is 41.0 Å². The Balaban J connectivity index is 1.75. The van der Waals surface area contributed by atoms with Gasteiger partial charge in [0.05, 0.1) is 6.61 Å². The largest absolute Gasteiger partial charge is 0.379 e. The number of hydrogen-bond donors (Lipinski definition) is 0. The maximum absolute atomic E-state index is 6.03. The highest BCUT2D eigenvalue weighted by atomic mass is 16.9. The molecule has 6 nitrogen and oxygen atoms in total. The average molecular weight is 302 g/mol. The molecule has 3 aliphatic heterocycles. The van der Waals surface area contributed by atoms with Gasteiger partial charge in [0.15, 0.2) is 17.9 Å². The van der Waals surface area contributed by atoms with Crippen molar-refractivity contribution in [1.82, 2.24) is 0 Å². The summed E-state index contributed by atoms with van der Waals surface area (Å²) in [6, 6.07) is 0. The predicted octanol–water partition coefficient (Wildman–Crippen LogP) is 1.81. The predicted molar refractivity (Wildman–Crippen MR) is 73.6 cm³/mol. The molecule has 3 fully saturated rings. The number of rotatable bonds is 4. The van der Waals surface area contributed by atoms with Crippen molar-refractivity contribution in [3.05, 3.63) is 0 Å². The summed E-state index contributed by atoms with van der Waals surface area (Å²) < 4.78 is 35.5. The topological polar surface area (TPSA) is 55.4 Å². The van der Waals surface area contributed by atoms with E-state index in [-0.39, 0.29) is 24.4 Å². The van der Waals surface area contributed by atoms with Gasteiger partial charge in [0.2, 0.25) is 0 Å². The van der Waals surface area contributed by atoms with Crippen LogP contribution in [-0.2, 0) is 28.4 Å². The minimum Gasteiger partial charge on any atom is -0.379 e. The molecule has 0 unspecified atom stereocenters. The zero-order chi connectivity index (χ0) is 15.3. The Morgan fingerprint density at radius 3 is 2.19 bits per heavy atom. The molecule has 122 valence electrons. The number of fused-ring (bicyclic) bond motifs is 3. The van der Waals surface area contributed by atoms with E-state index >= 15 is 0 Å². The Hall–Kier alpha value is -0.240. The Morgan fingerprint density at radius 1 is 0.857 bits per heavy atom. The van der Waals surface area contributed by atoms with Gasteiger partial charge in [0.1, 0.15) is 24.4 Å². The second-order valence-corrected chi connectivity index (χ2v) is 6.78. The first kappa shape index (κ1) is 15.6. The Morgan fingerprint density at radius 2 is 1.48 bits per heavy atom. The summed E-state index contributed by atoms with van der Waals surface area (Å²) >= 11 is 0. The summed E-state index contributed by atoms with van der Waals surface area (Å²) in [6.07, 6.45) is -0.334. The lowest BCUT2D eigenvalue weighted by Crippen LogP contribution is -2.56. The van der Waals surface area contributed by atoms with E-state index in [2.05, 4.69) is 6.92 Å². The molecule has 0 radical (unpaired) electrons. The van der Waals surface area contributed by atoms with Crippen LogP contribution in [0.15, 0.2) is 0 Å². The maximum Gasteiger partial charge on any atom is 0.190 e. The lowest BCUT2D eigenvalue weighted by atomic mass is 9.99. The minimum atomic E-state index is -0.671. The summed E-state index contributed by atoms with van der Waals surface area (Å²) in [6.45, 7) is 10.8. The Bertz CT molecular complexity index is 382. The molecule has 0 bridgehead atoms. The lowest BCUT2D eigenvalue weighted by molar-refractivity contribution is -0.243. The highest BCUT2D eigenvalue weighted by Gasteiger charge is 2.60. The molecular formula is C15H26O6. The summed E-state index contributed by atoms with van der Waals surface area (Å²) in [5, 5.41) is 0. The van der Waals surface area contributed by atoms with Crippen LogP contribution in [0.5, 0.6) is 0 Å². The molecule has 0 aromatic rings. The molecule has 3 aliphatic rings. The van der Waals surface area contributed by atoms with Crippen molar-refractivity contribution in [2.24, 2.45) is 0 Å². The fraction of sp³-hybridized carbons (Fsp3) is 1.00. The Labute approximate surface area is 126 Å². The third-order valence-electron chi connectivity index (χ3n) is 3.88. The molecule has 5 atom stereocenters. The van der Waals surface area contributed by atoms with E-state index in [1.54, 1.807) is 0 Å². The van der Waals surface area contributed by atoms with Crippen LogP contribution in [-0.4, -0.2) is 55.5 Å². The van der Waals surface area contributed by atoms with Crippen molar-refractivity contribution in [2.45, 2.75) is 83.3 Å². The molecule has 0 N–H and O–H groups in total. The van der Waals surface area contributed by atoms with E-state index in [1.165, 1.54) is 0 Å². The molecule has 3 saturated heterocycles. The lowest BCUT2D eigenvalue weighted by Gasteiger charge is -2.37. The van der Waals surface area contributed by atoms with Crippen LogP contribution >= 0.6 is 0 Å². The maximum atomic E-state index is 6.03. The van der Waals surface area contributed by atoms with Crippen molar-refractivity contribution >= 4 is 0 Å². The first-order valence-electron chi connectivity index (χ1n) is 7.76. The van der Waals surface area contributed by atoms with Crippen LogP contribution in [0.25, 0.3) is 0 Å². The quantitative estimate of drug-likeness (QED) is 0.738. The minimum absolute atomic E-state index is 0.198. The zero-order valence-electron chi connectivity index (χ0n) is 13.5. The van der Waals surface area contributed by atoms with Crippen LogP contribution in [0, 0.1) is 0 Å². The van der Waals surface area contributed by atoms with Gasteiger partial charge >= 0.3 is 0 Å². The molecule has 21 heavy (non-hydrogen) atoms. The summed E-state index contributed by atoms with van der Waals surface area (Å²) in [7, 11) is 0. The van der Waals surface area contributed by atoms with Crippen LogP contribution in [0.3, 0.4) is 0 Å². The van der Waals surface area contributed by atoms with E-state index in [0.717, 1.165) is 6.42 Å². The van der Waals surface area contributed by atoms with Gasteiger partial charge in [-0.3, -0.25) is 0 Å². The van der Waals surface area contributed by atoms with E-state index < -0.39 is 17.9 Å². The van der Waals surface area contributed by atoms with Crippen LogP contribution in [0.2, 0.25) is 0 Å². The second kappa shape index (κ2) is 5.44. The number of ether oxygens (including phenoxy) is 6. The average Bonchev–Trinajstić information content (AvgIpc) is 2.84. The van der Waals surface area contributed by atoms with E-state index in [9.17, 15) is 0 Å². The molecular weight excluding hydrogens is 276 g/mol.